The Kier molecular flexibility index (Phi) is 5.23. The van der Waals surface area contributed by atoms with E-state index in [9.17, 15) is 0 Å². The molecule has 0 radical (unpaired) electrons. The van der Waals surface area contributed by atoms with Gasteiger partial charge in [0.05, 0.1) is 0 Å². The summed E-state index contributed by atoms with van der Waals surface area (Å²) in [6.07, 6.45) is 13.4. The van der Waals surface area contributed by atoms with Gasteiger partial charge in [-0.3, -0.25) is 0 Å². The zero-order valence-electron chi connectivity index (χ0n) is 16.5. The Hall–Kier alpha value is -1.04. The van der Waals surface area contributed by atoms with Crippen LogP contribution in [-0.2, 0) is 6.42 Å². The smallest absolute Gasteiger partial charge is 0.00593 e. The quantitative estimate of drug-likeness (QED) is 0.381. The van der Waals surface area contributed by atoms with E-state index >= 15 is 0 Å². The van der Waals surface area contributed by atoms with Crippen molar-refractivity contribution in [3.8, 4) is 0 Å². The highest BCUT2D eigenvalue weighted by Gasteiger charge is 2.48. The van der Waals surface area contributed by atoms with E-state index in [0.29, 0.717) is 11.3 Å². The summed E-state index contributed by atoms with van der Waals surface area (Å²) >= 11 is 0. The molecule has 0 heterocycles. The monoisotopic (exact) mass is 324 g/mol. The highest BCUT2D eigenvalue weighted by Crippen LogP contribution is 2.59. The molecule has 0 spiro atoms. The molecule has 1 fully saturated rings. The fourth-order valence-electron chi connectivity index (χ4n) is 5.02. The van der Waals surface area contributed by atoms with Gasteiger partial charge in [0, 0.05) is 5.92 Å². The first kappa shape index (κ1) is 17.8. The van der Waals surface area contributed by atoms with E-state index in [1.54, 1.807) is 16.7 Å². The lowest BCUT2D eigenvalue weighted by Gasteiger charge is -2.36. The first-order valence-corrected chi connectivity index (χ1v) is 10.2. The van der Waals surface area contributed by atoms with Crippen molar-refractivity contribution >= 4 is 0 Å². The minimum absolute atomic E-state index is 0.612. The molecule has 0 nitrogen and oxygen atoms in total. The molecule has 1 aromatic rings. The molecule has 24 heavy (non-hydrogen) atoms. The van der Waals surface area contributed by atoms with Crippen molar-refractivity contribution < 1.29 is 0 Å². The van der Waals surface area contributed by atoms with Gasteiger partial charge in [-0.05, 0) is 92.9 Å². The molecule has 0 N–H and O–H groups in total. The third-order valence-corrected chi connectivity index (χ3v) is 6.74. The summed E-state index contributed by atoms with van der Waals surface area (Å²) in [5, 5.41) is 0. The highest BCUT2D eigenvalue weighted by molar-refractivity contribution is 5.44. The molecule has 3 rings (SSSR count). The summed E-state index contributed by atoms with van der Waals surface area (Å²) < 4.78 is 0. The van der Waals surface area contributed by atoms with Gasteiger partial charge in [-0.15, -0.1) is 0 Å². The Bertz CT molecular complexity index is 592. The number of hydrogen-bond acceptors (Lipinski definition) is 0. The minimum Gasteiger partial charge on any atom is -0.0778 e. The van der Waals surface area contributed by atoms with Crippen LogP contribution in [0.15, 0.2) is 23.8 Å². The van der Waals surface area contributed by atoms with E-state index in [1.807, 2.05) is 0 Å². The van der Waals surface area contributed by atoms with Gasteiger partial charge in [0.1, 0.15) is 0 Å². The van der Waals surface area contributed by atoms with Crippen LogP contribution in [0.25, 0.3) is 0 Å². The van der Waals surface area contributed by atoms with E-state index in [4.69, 9.17) is 0 Å². The average Bonchev–Trinajstić information content (AvgIpc) is 3.25. The molecule has 1 saturated carbocycles. The molecule has 0 amide bonds. The number of benzene rings is 1. The molecule has 0 saturated heterocycles. The summed E-state index contributed by atoms with van der Waals surface area (Å²) in [6, 6.07) is 4.98. The van der Waals surface area contributed by atoms with Crippen LogP contribution in [-0.4, -0.2) is 0 Å². The third kappa shape index (κ3) is 3.63. The summed E-state index contributed by atoms with van der Waals surface area (Å²) in [5.74, 6) is 1.50. The average molecular weight is 325 g/mol. The predicted octanol–water partition coefficient (Wildman–Crippen LogP) is 7.28. The first-order chi connectivity index (χ1) is 11.4. The molecule has 132 valence electrons. The zero-order valence-corrected chi connectivity index (χ0v) is 16.5. The van der Waals surface area contributed by atoms with Crippen LogP contribution in [0.5, 0.6) is 0 Å². The van der Waals surface area contributed by atoms with Crippen LogP contribution in [0, 0.1) is 25.2 Å². The molecule has 2 aliphatic rings. The van der Waals surface area contributed by atoms with Crippen LogP contribution in [0.2, 0.25) is 0 Å². The van der Waals surface area contributed by atoms with Crippen molar-refractivity contribution in [2.24, 2.45) is 11.3 Å². The van der Waals surface area contributed by atoms with Crippen LogP contribution in [0.3, 0.4) is 0 Å². The molecular formula is C24H36. The van der Waals surface area contributed by atoms with E-state index in [2.05, 4.69) is 52.8 Å². The second kappa shape index (κ2) is 7.06. The van der Waals surface area contributed by atoms with Gasteiger partial charge in [-0.1, -0.05) is 50.5 Å². The Morgan fingerprint density at radius 3 is 2.29 bits per heavy atom. The third-order valence-electron chi connectivity index (χ3n) is 6.74. The maximum Gasteiger partial charge on any atom is 0.00593 e. The van der Waals surface area contributed by atoms with Crippen molar-refractivity contribution in [3.05, 3.63) is 46.0 Å². The predicted molar refractivity (Wildman–Crippen MR) is 106 cm³/mol. The van der Waals surface area contributed by atoms with E-state index in [-0.39, 0.29) is 0 Å². The van der Waals surface area contributed by atoms with Crippen LogP contribution in [0.1, 0.15) is 93.9 Å². The van der Waals surface area contributed by atoms with Crippen LogP contribution in [0.4, 0.5) is 0 Å². The van der Waals surface area contributed by atoms with E-state index in [0.717, 1.165) is 5.92 Å². The fourth-order valence-corrected chi connectivity index (χ4v) is 5.02. The van der Waals surface area contributed by atoms with Crippen LogP contribution < -0.4 is 0 Å². The second-order valence-electron chi connectivity index (χ2n) is 8.94. The van der Waals surface area contributed by atoms with Crippen molar-refractivity contribution in [1.29, 1.82) is 0 Å². The molecule has 0 aromatic heterocycles. The molecule has 2 unspecified atom stereocenters. The van der Waals surface area contributed by atoms with Gasteiger partial charge in [-0.25, -0.2) is 0 Å². The molecule has 2 aliphatic carbocycles. The topological polar surface area (TPSA) is 0 Å². The number of allylic oxidation sites excluding steroid dienone is 2. The largest absolute Gasteiger partial charge is 0.0778 e. The SMILES string of the molecule is CCCCCc1cc(C)c(C2C=C(C)CCC2C2(C)CC2)c(C)c1. The maximum atomic E-state index is 2.61. The number of rotatable bonds is 6. The fraction of sp³-hybridized carbons (Fsp3) is 0.667. The summed E-state index contributed by atoms with van der Waals surface area (Å²) in [6.45, 7) is 11.9. The molecular weight excluding hydrogens is 288 g/mol. The first-order valence-electron chi connectivity index (χ1n) is 10.2. The van der Waals surface area contributed by atoms with Crippen molar-refractivity contribution in [3.63, 3.8) is 0 Å². The zero-order chi connectivity index (χ0) is 17.3. The second-order valence-corrected chi connectivity index (χ2v) is 8.94. The van der Waals surface area contributed by atoms with Crippen molar-refractivity contribution in [2.45, 2.75) is 91.9 Å². The van der Waals surface area contributed by atoms with Gasteiger partial charge in [-0.2, -0.15) is 0 Å². The minimum atomic E-state index is 0.612. The van der Waals surface area contributed by atoms with Gasteiger partial charge < -0.3 is 0 Å². The normalized spacial score (nSPS) is 25.5. The molecule has 0 heteroatoms. The number of unbranched alkanes of at least 4 members (excludes halogenated alkanes) is 2. The number of hydrogen-bond donors (Lipinski definition) is 0. The molecule has 2 atom stereocenters. The van der Waals surface area contributed by atoms with Gasteiger partial charge in [0.15, 0.2) is 0 Å². The van der Waals surface area contributed by atoms with Gasteiger partial charge in [0.2, 0.25) is 0 Å². The Morgan fingerprint density at radius 2 is 1.71 bits per heavy atom. The summed E-state index contributed by atoms with van der Waals surface area (Å²) in [7, 11) is 0. The molecule has 0 bridgehead atoms. The van der Waals surface area contributed by atoms with E-state index < -0.39 is 0 Å². The highest BCUT2D eigenvalue weighted by atomic mass is 14.5. The molecule has 0 aliphatic heterocycles. The summed E-state index contributed by atoms with van der Waals surface area (Å²) in [4.78, 5) is 0. The lowest BCUT2D eigenvalue weighted by atomic mass is 9.68. The Balaban J connectivity index is 1.90. The van der Waals surface area contributed by atoms with Crippen LogP contribution >= 0.6 is 0 Å². The Morgan fingerprint density at radius 1 is 1.04 bits per heavy atom. The van der Waals surface area contributed by atoms with E-state index in [1.165, 1.54) is 62.5 Å². The Labute approximate surface area is 149 Å². The lowest BCUT2D eigenvalue weighted by Crippen LogP contribution is -2.25. The lowest BCUT2D eigenvalue weighted by molar-refractivity contribution is 0.274. The molecule has 1 aromatic carbocycles. The van der Waals surface area contributed by atoms with Gasteiger partial charge in [0.25, 0.3) is 0 Å². The number of aryl methyl sites for hydroxylation is 3. The maximum absolute atomic E-state index is 2.61. The van der Waals surface area contributed by atoms with Gasteiger partial charge >= 0.3 is 0 Å². The summed E-state index contributed by atoms with van der Waals surface area (Å²) in [5.41, 5.74) is 8.48. The standard InChI is InChI=1S/C24H36/c1-6-7-8-9-20-15-18(3)23(19(4)16-20)21-14-17(2)10-11-22(21)24(5)12-13-24/h14-16,21-22H,6-13H2,1-5H3. The van der Waals surface area contributed by atoms with Crippen molar-refractivity contribution in [1.82, 2.24) is 0 Å². The van der Waals surface area contributed by atoms with Crippen molar-refractivity contribution in [2.75, 3.05) is 0 Å².